The first-order valence-corrected chi connectivity index (χ1v) is 6.53. The van der Waals surface area contributed by atoms with Gasteiger partial charge in [0, 0.05) is 6.04 Å². The van der Waals surface area contributed by atoms with Gasteiger partial charge in [-0.3, -0.25) is 4.98 Å². The number of anilines is 1. The molecule has 1 fully saturated rings. The lowest BCUT2D eigenvalue weighted by Crippen LogP contribution is -2.30. The maximum atomic E-state index is 4.53. The van der Waals surface area contributed by atoms with E-state index in [1.165, 1.54) is 25.7 Å². The van der Waals surface area contributed by atoms with Crippen LogP contribution in [0.2, 0.25) is 0 Å². The Morgan fingerprint density at radius 2 is 1.82 bits per heavy atom. The SMILES string of the molecule is Cc1ncc(NC2CCC(C)(C)CC2)nc1C. The molecule has 0 spiro atoms. The molecule has 1 heterocycles. The summed E-state index contributed by atoms with van der Waals surface area (Å²) in [6, 6.07) is 0.569. The molecule has 1 aromatic heterocycles. The molecule has 3 heteroatoms. The minimum Gasteiger partial charge on any atom is -0.366 e. The van der Waals surface area contributed by atoms with E-state index in [2.05, 4.69) is 29.1 Å². The molecule has 0 aliphatic heterocycles. The Balaban J connectivity index is 1.95. The van der Waals surface area contributed by atoms with Crippen LogP contribution in [0.25, 0.3) is 0 Å². The van der Waals surface area contributed by atoms with Crippen LogP contribution in [-0.4, -0.2) is 16.0 Å². The molecular weight excluding hydrogens is 210 g/mol. The molecule has 0 atom stereocenters. The zero-order valence-electron chi connectivity index (χ0n) is 11.4. The summed E-state index contributed by atoms with van der Waals surface area (Å²) in [5.74, 6) is 0.929. The molecule has 0 bridgehead atoms. The summed E-state index contributed by atoms with van der Waals surface area (Å²) in [5.41, 5.74) is 2.55. The molecule has 1 aliphatic carbocycles. The molecule has 3 nitrogen and oxygen atoms in total. The van der Waals surface area contributed by atoms with Crippen LogP contribution >= 0.6 is 0 Å². The van der Waals surface area contributed by atoms with E-state index in [0.29, 0.717) is 11.5 Å². The highest BCUT2D eigenvalue weighted by Gasteiger charge is 2.26. The van der Waals surface area contributed by atoms with Crippen LogP contribution in [0.5, 0.6) is 0 Å². The van der Waals surface area contributed by atoms with Gasteiger partial charge in [0.25, 0.3) is 0 Å². The first-order chi connectivity index (χ1) is 7.96. The van der Waals surface area contributed by atoms with Gasteiger partial charge in [0.1, 0.15) is 5.82 Å². The normalized spacial score (nSPS) is 20.2. The van der Waals surface area contributed by atoms with Gasteiger partial charge in [0.2, 0.25) is 0 Å². The summed E-state index contributed by atoms with van der Waals surface area (Å²) >= 11 is 0. The smallest absolute Gasteiger partial charge is 0.145 e. The van der Waals surface area contributed by atoms with E-state index in [1.54, 1.807) is 0 Å². The molecule has 0 aromatic carbocycles. The molecule has 0 amide bonds. The second-order valence-electron chi connectivity index (χ2n) is 6.01. The summed E-state index contributed by atoms with van der Waals surface area (Å²) in [4.78, 5) is 8.88. The number of aromatic nitrogens is 2. The lowest BCUT2D eigenvalue weighted by Gasteiger charge is -2.34. The minimum atomic E-state index is 0.521. The van der Waals surface area contributed by atoms with Crippen LogP contribution in [0.4, 0.5) is 5.82 Å². The van der Waals surface area contributed by atoms with Crippen LogP contribution < -0.4 is 5.32 Å². The lowest BCUT2D eigenvalue weighted by atomic mass is 9.75. The average Bonchev–Trinajstić information content (AvgIpc) is 2.27. The Kier molecular flexibility index (Phi) is 3.36. The fourth-order valence-electron chi connectivity index (χ4n) is 2.36. The van der Waals surface area contributed by atoms with Crippen LogP contribution in [0.3, 0.4) is 0 Å². The van der Waals surface area contributed by atoms with Gasteiger partial charge in [-0.05, 0) is 44.9 Å². The van der Waals surface area contributed by atoms with Gasteiger partial charge in [-0.2, -0.15) is 0 Å². The molecule has 1 aliphatic rings. The van der Waals surface area contributed by atoms with Gasteiger partial charge < -0.3 is 5.32 Å². The van der Waals surface area contributed by atoms with Crippen LogP contribution in [-0.2, 0) is 0 Å². The molecule has 1 N–H and O–H groups in total. The van der Waals surface area contributed by atoms with E-state index in [4.69, 9.17) is 0 Å². The fraction of sp³-hybridized carbons (Fsp3) is 0.714. The molecule has 0 unspecified atom stereocenters. The average molecular weight is 233 g/mol. The Bertz CT molecular complexity index is 388. The van der Waals surface area contributed by atoms with E-state index in [9.17, 15) is 0 Å². The van der Waals surface area contributed by atoms with Crippen LogP contribution in [0.15, 0.2) is 6.20 Å². The highest BCUT2D eigenvalue weighted by atomic mass is 15.0. The Labute approximate surface area is 104 Å². The largest absolute Gasteiger partial charge is 0.366 e. The second kappa shape index (κ2) is 4.63. The molecule has 17 heavy (non-hydrogen) atoms. The summed E-state index contributed by atoms with van der Waals surface area (Å²) in [7, 11) is 0. The zero-order chi connectivity index (χ0) is 12.5. The summed E-state index contributed by atoms with van der Waals surface area (Å²) in [6.45, 7) is 8.73. The Morgan fingerprint density at radius 1 is 1.18 bits per heavy atom. The van der Waals surface area contributed by atoms with Gasteiger partial charge >= 0.3 is 0 Å². The van der Waals surface area contributed by atoms with E-state index in [-0.39, 0.29) is 0 Å². The number of aryl methyl sites for hydroxylation is 2. The van der Waals surface area contributed by atoms with Crippen molar-refractivity contribution in [1.82, 2.24) is 9.97 Å². The number of nitrogens with one attached hydrogen (secondary N) is 1. The van der Waals surface area contributed by atoms with Crippen LogP contribution in [0.1, 0.15) is 50.9 Å². The first kappa shape index (κ1) is 12.3. The van der Waals surface area contributed by atoms with Gasteiger partial charge in [0.05, 0.1) is 17.6 Å². The van der Waals surface area contributed by atoms with E-state index in [1.807, 2.05) is 20.0 Å². The number of rotatable bonds is 2. The number of hydrogen-bond donors (Lipinski definition) is 1. The van der Waals surface area contributed by atoms with Gasteiger partial charge in [0.15, 0.2) is 0 Å². The van der Waals surface area contributed by atoms with Gasteiger partial charge in [-0.25, -0.2) is 4.98 Å². The minimum absolute atomic E-state index is 0.521. The molecule has 1 saturated carbocycles. The molecule has 1 aromatic rings. The maximum absolute atomic E-state index is 4.53. The standard InChI is InChI=1S/C14H23N3/c1-10-11(2)16-13(9-15-10)17-12-5-7-14(3,4)8-6-12/h9,12H,5-8H2,1-4H3,(H,16,17). The van der Waals surface area contributed by atoms with Crippen molar-refractivity contribution in [2.24, 2.45) is 5.41 Å². The van der Waals surface area contributed by atoms with E-state index < -0.39 is 0 Å². The monoisotopic (exact) mass is 233 g/mol. The molecule has 2 rings (SSSR count). The predicted octanol–water partition coefficient (Wildman–Crippen LogP) is 3.47. The summed E-state index contributed by atoms with van der Waals surface area (Å²) in [5, 5.41) is 3.51. The van der Waals surface area contributed by atoms with Crippen molar-refractivity contribution >= 4 is 5.82 Å². The van der Waals surface area contributed by atoms with Crippen molar-refractivity contribution in [3.8, 4) is 0 Å². The van der Waals surface area contributed by atoms with Gasteiger partial charge in [-0.1, -0.05) is 13.8 Å². The molecular formula is C14H23N3. The molecule has 0 saturated heterocycles. The van der Waals surface area contributed by atoms with Crippen molar-refractivity contribution in [3.63, 3.8) is 0 Å². The topological polar surface area (TPSA) is 37.8 Å². The first-order valence-electron chi connectivity index (χ1n) is 6.53. The lowest BCUT2D eigenvalue weighted by molar-refractivity contribution is 0.232. The van der Waals surface area contributed by atoms with E-state index >= 15 is 0 Å². The van der Waals surface area contributed by atoms with E-state index in [0.717, 1.165) is 17.2 Å². The van der Waals surface area contributed by atoms with Crippen molar-refractivity contribution in [1.29, 1.82) is 0 Å². The number of hydrogen-bond acceptors (Lipinski definition) is 3. The van der Waals surface area contributed by atoms with Crippen molar-refractivity contribution in [3.05, 3.63) is 17.6 Å². The second-order valence-corrected chi connectivity index (χ2v) is 6.01. The van der Waals surface area contributed by atoms with Gasteiger partial charge in [-0.15, -0.1) is 0 Å². The third kappa shape index (κ3) is 3.18. The Hall–Kier alpha value is -1.12. The highest BCUT2D eigenvalue weighted by Crippen LogP contribution is 2.35. The summed E-state index contributed by atoms with van der Waals surface area (Å²) < 4.78 is 0. The number of nitrogens with zero attached hydrogens (tertiary/aromatic N) is 2. The van der Waals surface area contributed by atoms with Crippen LogP contribution in [0, 0.1) is 19.3 Å². The quantitative estimate of drug-likeness (QED) is 0.850. The molecule has 0 radical (unpaired) electrons. The maximum Gasteiger partial charge on any atom is 0.145 e. The van der Waals surface area contributed by atoms with Crippen molar-refractivity contribution < 1.29 is 0 Å². The third-order valence-corrected chi connectivity index (χ3v) is 3.88. The third-order valence-electron chi connectivity index (χ3n) is 3.88. The predicted molar refractivity (Wildman–Crippen MR) is 71.2 cm³/mol. The van der Waals surface area contributed by atoms with Crippen molar-refractivity contribution in [2.45, 2.75) is 59.4 Å². The van der Waals surface area contributed by atoms with Crippen molar-refractivity contribution in [2.75, 3.05) is 5.32 Å². The molecule has 94 valence electrons. The zero-order valence-corrected chi connectivity index (χ0v) is 11.4. The highest BCUT2D eigenvalue weighted by molar-refractivity contribution is 5.34. The summed E-state index contributed by atoms with van der Waals surface area (Å²) in [6.07, 6.45) is 6.91. The fourth-order valence-corrected chi connectivity index (χ4v) is 2.36. The Morgan fingerprint density at radius 3 is 2.41 bits per heavy atom.